The van der Waals surface area contributed by atoms with Crippen molar-refractivity contribution < 1.29 is 122 Å². The van der Waals surface area contributed by atoms with Gasteiger partial charge in [-0.1, -0.05) is 0 Å². The van der Waals surface area contributed by atoms with Crippen molar-refractivity contribution in [2.24, 2.45) is 0 Å². The van der Waals surface area contributed by atoms with Gasteiger partial charge in [0.2, 0.25) is 11.7 Å². The number of benzene rings is 1. The number of ether oxygens (including phenoxy) is 1. The molecule has 0 aliphatic rings. The second-order valence-corrected chi connectivity index (χ2v) is 7.92. The summed E-state index contributed by atoms with van der Waals surface area (Å²) in [5.74, 6) is -52.4. The molecule has 214 valence electrons. The minimum Gasteiger partial charge on any atom is -0.744 e. The van der Waals surface area contributed by atoms with Gasteiger partial charge in [-0.05, 0) is 24.3 Å². The van der Waals surface area contributed by atoms with Gasteiger partial charge in [0.1, 0.15) is 15.9 Å². The van der Waals surface area contributed by atoms with Crippen molar-refractivity contribution in [3.05, 3.63) is 35.9 Å². The van der Waals surface area contributed by atoms with Crippen LogP contribution in [0.1, 0.15) is 0 Å². The van der Waals surface area contributed by atoms with E-state index in [1.165, 1.54) is 0 Å². The summed E-state index contributed by atoms with van der Waals surface area (Å²) in [5.41, 5.74) is 0. The minimum absolute atomic E-state index is 0. The van der Waals surface area contributed by atoms with Crippen LogP contribution in [-0.2, 0) is 10.1 Å². The second-order valence-electron chi connectivity index (χ2n) is 6.54. The average Bonchev–Trinajstić information content (AvgIpc) is 2.70. The zero-order chi connectivity index (χ0) is 29.8. The van der Waals surface area contributed by atoms with Crippen LogP contribution in [0, 0.1) is 0 Å². The number of hydrogen-bond acceptors (Lipinski definition) is 4. The summed E-state index contributed by atoms with van der Waals surface area (Å²) in [6.07, 6.45) is -14.4. The zero-order valence-electron chi connectivity index (χ0n) is 17.3. The van der Waals surface area contributed by atoms with E-state index in [4.69, 9.17) is 0 Å². The molecule has 0 bridgehead atoms. The molecule has 38 heavy (non-hydrogen) atoms. The Bertz CT molecular complexity index is 1140. The van der Waals surface area contributed by atoms with Crippen LogP contribution in [0.25, 0.3) is 0 Å². The molecule has 0 aliphatic heterocycles. The monoisotopic (exact) mass is 626 g/mol. The Hall–Kier alpha value is -1.52. The van der Waals surface area contributed by atoms with Gasteiger partial charge in [0.05, 0.1) is 4.90 Å². The predicted octanol–water partition coefficient (Wildman–Crippen LogP) is 3.46. The van der Waals surface area contributed by atoms with Gasteiger partial charge in [-0.3, -0.25) is 0 Å². The van der Waals surface area contributed by atoms with Crippen molar-refractivity contribution in [3.63, 3.8) is 0 Å². The fourth-order valence-electron chi connectivity index (χ4n) is 2.00. The molecule has 0 unspecified atom stereocenters. The average molecular weight is 626 g/mol. The van der Waals surface area contributed by atoms with Crippen LogP contribution in [0.2, 0.25) is 0 Å². The van der Waals surface area contributed by atoms with Crippen molar-refractivity contribution in [2.45, 2.75) is 46.8 Å². The van der Waals surface area contributed by atoms with Crippen molar-refractivity contribution in [3.8, 4) is 5.75 Å². The molecule has 23 heteroatoms. The van der Waals surface area contributed by atoms with Gasteiger partial charge in [0, 0.05) is 0 Å². The molecular weight excluding hydrogens is 622 g/mol. The number of allylic oxidation sites excluding steroid dienone is 2. The zero-order valence-corrected chi connectivity index (χ0v) is 20.1. The van der Waals surface area contributed by atoms with Gasteiger partial charge in [-0.15, -0.1) is 0 Å². The molecule has 0 heterocycles. The third-order valence-electron chi connectivity index (χ3n) is 4.01. The Morgan fingerprint density at radius 2 is 1.00 bits per heavy atom. The summed E-state index contributed by atoms with van der Waals surface area (Å²) >= 11 is 0. The summed E-state index contributed by atoms with van der Waals surface area (Å²) in [5, 5.41) is 0. The molecule has 0 fully saturated rings. The van der Waals surface area contributed by atoms with E-state index in [0.717, 1.165) is 0 Å². The molecule has 0 saturated carbocycles. The largest absolute Gasteiger partial charge is 1.00 e. The van der Waals surface area contributed by atoms with Crippen LogP contribution in [0.15, 0.2) is 40.8 Å². The molecule has 0 aliphatic carbocycles. The predicted molar refractivity (Wildman–Crippen MR) is 80.0 cm³/mol. The first-order chi connectivity index (χ1) is 16.0. The third-order valence-corrected chi connectivity index (χ3v) is 4.86. The van der Waals surface area contributed by atoms with Crippen LogP contribution in [0.3, 0.4) is 0 Å². The van der Waals surface area contributed by atoms with Crippen molar-refractivity contribution in [2.75, 3.05) is 0 Å². The Kier molecular flexibility index (Phi) is 10.0. The van der Waals surface area contributed by atoms with Crippen LogP contribution in [0.4, 0.5) is 74.6 Å². The minimum atomic E-state index is -8.36. The van der Waals surface area contributed by atoms with E-state index in [2.05, 4.69) is 4.74 Å². The Labute approximate surface area is 220 Å². The molecule has 0 amide bonds. The molecule has 4 nitrogen and oxygen atoms in total. The quantitative estimate of drug-likeness (QED) is 0.240. The van der Waals surface area contributed by atoms with Crippen molar-refractivity contribution in [1.82, 2.24) is 0 Å². The molecule has 1 rings (SSSR count). The van der Waals surface area contributed by atoms with Gasteiger partial charge in [0.25, 0.3) is 0 Å². The summed E-state index contributed by atoms with van der Waals surface area (Å²) < 4.78 is 258. The van der Waals surface area contributed by atoms with Gasteiger partial charge in [-0.25, -0.2) is 17.2 Å². The van der Waals surface area contributed by atoms with E-state index in [0.29, 0.717) is 0 Å². The molecule has 1 aromatic rings. The SMILES string of the molecule is O=S(=O)([O-])c1ccc(OC(F)(F)C(F)(F)C(F)(F)C(F)(F)C(F)(F)/C(F)=C(\F)C(F)(F)C(F)(F)F)cc1.[Na+]. The van der Waals surface area contributed by atoms with Crippen LogP contribution < -0.4 is 34.3 Å². The maximum absolute atomic E-state index is 13.7. The second kappa shape index (κ2) is 10.5. The van der Waals surface area contributed by atoms with Crippen LogP contribution in [-0.4, -0.2) is 54.9 Å². The van der Waals surface area contributed by atoms with Crippen molar-refractivity contribution >= 4 is 10.1 Å². The fourth-order valence-corrected chi connectivity index (χ4v) is 2.47. The standard InChI is InChI=1S/C15H5F17O4S.Na/c16-7(8(17)10(20,21)14(28,29)30)9(18,19)11(22,23)12(24,25)13(26,27)15(31,32)36-5-1-3-6(4-2-5)37(33,34)35;/h1-4H,(H,33,34,35);/q;+1/p-1/b8-7+;. The fraction of sp³-hybridized carbons (Fsp3) is 0.467. The van der Waals surface area contributed by atoms with Crippen LogP contribution >= 0.6 is 0 Å². The van der Waals surface area contributed by atoms with E-state index >= 15 is 0 Å². The van der Waals surface area contributed by atoms with Gasteiger partial charge >= 0.3 is 71.5 Å². The van der Waals surface area contributed by atoms with E-state index in [-0.39, 0.29) is 53.8 Å². The summed E-state index contributed by atoms with van der Waals surface area (Å²) in [6.45, 7) is 0. The van der Waals surface area contributed by atoms with Gasteiger partial charge in [0.15, 0.2) is 0 Å². The normalized spacial score (nSPS) is 15.5. The van der Waals surface area contributed by atoms with E-state index in [9.17, 15) is 87.6 Å². The summed E-state index contributed by atoms with van der Waals surface area (Å²) in [7, 11) is -5.32. The molecule has 0 N–H and O–H groups in total. The molecule has 0 aromatic heterocycles. The first kappa shape index (κ1) is 36.5. The first-order valence-corrected chi connectivity index (χ1v) is 9.55. The first-order valence-electron chi connectivity index (χ1n) is 8.15. The number of hydrogen-bond donors (Lipinski definition) is 0. The molecule has 0 spiro atoms. The number of alkyl halides is 15. The molecule has 0 radical (unpaired) electrons. The van der Waals surface area contributed by atoms with Crippen LogP contribution in [0.5, 0.6) is 5.75 Å². The maximum atomic E-state index is 13.7. The van der Waals surface area contributed by atoms with Gasteiger partial charge in [-0.2, -0.15) is 65.9 Å². The van der Waals surface area contributed by atoms with E-state index < -0.39 is 74.3 Å². The number of rotatable bonds is 9. The Balaban J connectivity index is 0.0000137. The Morgan fingerprint density at radius 1 is 0.632 bits per heavy atom. The molecule has 0 atom stereocenters. The summed E-state index contributed by atoms with van der Waals surface area (Å²) in [6, 6.07) is -0.208. The van der Waals surface area contributed by atoms with Crippen molar-refractivity contribution in [1.29, 1.82) is 0 Å². The van der Waals surface area contributed by atoms with E-state index in [1.54, 1.807) is 0 Å². The van der Waals surface area contributed by atoms with E-state index in [1.807, 2.05) is 0 Å². The van der Waals surface area contributed by atoms with Gasteiger partial charge < -0.3 is 9.29 Å². The third kappa shape index (κ3) is 5.97. The Morgan fingerprint density at radius 3 is 1.34 bits per heavy atom. The molecule has 0 saturated heterocycles. The summed E-state index contributed by atoms with van der Waals surface area (Å²) in [4.78, 5) is -1.27. The maximum Gasteiger partial charge on any atom is 1.00 e. The molecule has 1 aromatic carbocycles. The number of halogens is 17. The smallest absolute Gasteiger partial charge is 0.744 e. The topological polar surface area (TPSA) is 66.4 Å². The molecular formula is C15H4F17NaO4S.